The van der Waals surface area contributed by atoms with E-state index in [1.54, 1.807) is 0 Å². The maximum Gasteiger partial charge on any atom is 0.191 e. The fourth-order valence-electron chi connectivity index (χ4n) is 5.60. The Morgan fingerprint density at radius 1 is 1.11 bits per heavy atom. The van der Waals surface area contributed by atoms with Crippen LogP contribution in [0.25, 0.3) is 0 Å². The van der Waals surface area contributed by atoms with Gasteiger partial charge in [0.25, 0.3) is 0 Å². The van der Waals surface area contributed by atoms with Gasteiger partial charge in [-0.15, -0.1) is 0 Å². The van der Waals surface area contributed by atoms with E-state index in [-0.39, 0.29) is 5.41 Å². The van der Waals surface area contributed by atoms with Gasteiger partial charge in [0.1, 0.15) is 0 Å². The first kappa shape index (κ1) is 19.5. The molecule has 4 fully saturated rings. The maximum atomic E-state index is 5.94. The standard InChI is InChI=1S/C21H38N4O2/c1-4-22-20(24-18-17-8-12-27-19(17)21(18,2)3)23-16-5-9-25(10-6-16)13-15-7-11-26-14-15/h15-19H,4-14H2,1-3H3,(H2,22,23,24). The zero-order chi connectivity index (χ0) is 18.9. The largest absolute Gasteiger partial charge is 0.381 e. The summed E-state index contributed by atoms with van der Waals surface area (Å²) in [6.45, 7) is 14.0. The molecule has 4 atom stereocenters. The van der Waals surface area contributed by atoms with Crippen molar-refractivity contribution in [1.82, 2.24) is 15.5 Å². The van der Waals surface area contributed by atoms with Gasteiger partial charge in [-0.2, -0.15) is 0 Å². The molecule has 1 saturated carbocycles. The number of ether oxygens (including phenoxy) is 2. The fraction of sp³-hybridized carbons (Fsp3) is 0.952. The molecule has 6 heteroatoms. The number of rotatable bonds is 5. The lowest BCUT2D eigenvalue weighted by Gasteiger charge is -2.55. The van der Waals surface area contributed by atoms with Crippen molar-refractivity contribution in [3.05, 3.63) is 0 Å². The highest BCUT2D eigenvalue weighted by Gasteiger charge is 2.59. The van der Waals surface area contributed by atoms with E-state index in [0.717, 1.165) is 38.2 Å². The quantitative estimate of drug-likeness (QED) is 0.565. The van der Waals surface area contributed by atoms with Gasteiger partial charge in [0.2, 0.25) is 0 Å². The third-order valence-electron chi connectivity index (χ3n) is 7.18. The summed E-state index contributed by atoms with van der Waals surface area (Å²) in [5.41, 5.74) is 0.185. The lowest BCUT2D eigenvalue weighted by molar-refractivity contribution is -0.106. The third kappa shape index (κ3) is 4.13. The molecule has 3 heterocycles. The molecule has 4 rings (SSSR count). The van der Waals surface area contributed by atoms with E-state index >= 15 is 0 Å². The first-order valence-corrected chi connectivity index (χ1v) is 11.1. The van der Waals surface area contributed by atoms with Crippen LogP contribution < -0.4 is 10.6 Å². The summed E-state index contributed by atoms with van der Waals surface area (Å²) < 4.78 is 11.5. The molecular formula is C21H38N4O2. The van der Waals surface area contributed by atoms with Crippen molar-refractivity contribution in [2.24, 2.45) is 22.2 Å². The van der Waals surface area contributed by atoms with Gasteiger partial charge in [0.05, 0.1) is 12.7 Å². The van der Waals surface area contributed by atoms with Crippen LogP contribution in [0.1, 0.15) is 46.5 Å². The van der Waals surface area contributed by atoms with E-state index < -0.39 is 0 Å². The number of nitrogens with one attached hydrogen (secondary N) is 2. The zero-order valence-electron chi connectivity index (χ0n) is 17.4. The summed E-state index contributed by atoms with van der Waals surface area (Å²) >= 11 is 0. The van der Waals surface area contributed by atoms with Crippen LogP contribution in [0.2, 0.25) is 0 Å². The Morgan fingerprint density at radius 2 is 1.93 bits per heavy atom. The van der Waals surface area contributed by atoms with Crippen LogP contribution in [-0.2, 0) is 9.47 Å². The van der Waals surface area contributed by atoms with Crippen molar-refractivity contribution in [2.75, 3.05) is 46.0 Å². The van der Waals surface area contributed by atoms with Gasteiger partial charge in [-0.05, 0) is 38.5 Å². The number of hydrogen-bond acceptors (Lipinski definition) is 4. The average molecular weight is 379 g/mol. The Kier molecular flexibility index (Phi) is 5.95. The van der Waals surface area contributed by atoms with E-state index in [9.17, 15) is 0 Å². The van der Waals surface area contributed by atoms with Crippen molar-refractivity contribution in [3.8, 4) is 0 Å². The van der Waals surface area contributed by atoms with E-state index in [1.165, 1.54) is 45.3 Å². The molecule has 0 amide bonds. The van der Waals surface area contributed by atoms with Crippen LogP contribution >= 0.6 is 0 Å². The summed E-state index contributed by atoms with van der Waals surface area (Å²) in [4.78, 5) is 7.37. The topological polar surface area (TPSA) is 58.1 Å². The Morgan fingerprint density at radius 3 is 2.63 bits per heavy atom. The minimum Gasteiger partial charge on any atom is -0.381 e. The summed E-state index contributed by atoms with van der Waals surface area (Å²) in [6, 6.07) is 0.989. The molecule has 3 aliphatic heterocycles. The van der Waals surface area contributed by atoms with Gasteiger partial charge in [0.15, 0.2) is 5.96 Å². The summed E-state index contributed by atoms with van der Waals surface area (Å²) in [5, 5.41) is 7.50. The SMILES string of the molecule is CCN=C(NC1CCN(CC2CCOC2)CC1)NC1C2CCOC2C1(C)C. The summed E-state index contributed by atoms with van der Waals surface area (Å²) in [6.07, 6.45) is 5.22. The first-order valence-electron chi connectivity index (χ1n) is 11.1. The molecule has 2 N–H and O–H groups in total. The van der Waals surface area contributed by atoms with E-state index in [4.69, 9.17) is 14.5 Å². The molecule has 154 valence electrons. The van der Waals surface area contributed by atoms with Gasteiger partial charge < -0.3 is 25.0 Å². The highest BCUT2D eigenvalue weighted by Crippen LogP contribution is 2.52. The van der Waals surface area contributed by atoms with Crippen molar-refractivity contribution in [3.63, 3.8) is 0 Å². The molecule has 4 aliphatic rings. The number of hydrogen-bond donors (Lipinski definition) is 2. The Hall–Kier alpha value is -0.850. The van der Waals surface area contributed by atoms with Crippen molar-refractivity contribution in [2.45, 2.75) is 64.6 Å². The van der Waals surface area contributed by atoms with Crippen LogP contribution in [0, 0.1) is 17.3 Å². The molecule has 4 unspecified atom stereocenters. The van der Waals surface area contributed by atoms with E-state index in [0.29, 0.717) is 24.1 Å². The molecule has 27 heavy (non-hydrogen) atoms. The predicted octanol–water partition coefficient (Wildman–Crippen LogP) is 1.86. The second kappa shape index (κ2) is 8.26. The normalized spacial score (nSPS) is 37.1. The molecule has 0 aromatic carbocycles. The van der Waals surface area contributed by atoms with Crippen LogP contribution in [0.3, 0.4) is 0 Å². The Balaban J connectivity index is 1.26. The van der Waals surface area contributed by atoms with Gasteiger partial charge in [-0.25, -0.2) is 0 Å². The maximum absolute atomic E-state index is 5.94. The number of fused-ring (bicyclic) bond motifs is 1. The molecule has 0 aromatic rings. The number of guanidine groups is 1. The third-order valence-corrected chi connectivity index (χ3v) is 7.18. The predicted molar refractivity (Wildman–Crippen MR) is 108 cm³/mol. The Bertz CT molecular complexity index is 524. The molecular weight excluding hydrogens is 340 g/mol. The van der Waals surface area contributed by atoms with E-state index in [2.05, 4.69) is 36.3 Å². The summed E-state index contributed by atoms with van der Waals surface area (Å²) in [5.74, 6) is 2.39. The van der Waals surface area contributed by atoms with Crippen LogP contribution in [0.15, 0.2) is 4.99 Å². The van der Waals surface area contributed by atoms with Crippen LogP contribution in [-0.4, -0.2) is 75.0 Å². The number of nitrogens with zero attached hydrogens (tertiary/aromatic N) is 2. The molecule has 6 nitrogen and oxygen atoms in total. The van der Waals surface area contributed by atoms with Crippen molar-refractivity contribution >= 4 is 5.96 Å². The fourth-order valence-corrected chi connectivity index (χ4v) is 5.60. The minimum atomic E-state index is 0.185. The van der Waals surface area contributed by atoms with E-state index in [1.807, 2.05) is 0 Å². The molecule has 1 aliphatic carbocycles. The van der Waals surface area contributed by atoms with Crippen molar-refractivity contribution < 1.29 is 9.47 Å². The monoisotopic (exact) mass is 378 g/mol. The number of aliphatic imine (C=N–C) groups is 1. The van der Waals surface area contributed by atoms with Crippen LogP contribution in [0.5, 0.6) is 0 Å². The summed E-state index contributed by atoms with van der Waals surface area (Å²) in [7, 11) is 0. The number of likely N-dealkylation sites (tertiary alicyclic amines) is 1. The lowest BCUT2D eigenvalue weighted by atomic mass is 9.57. The highest BCUT2D eigenvalue weighted by molar-refractivity contribution is 5.80. The Labute approximate surface area is 164 Å². The molecule has 3 saturated heterocycles. The average Bonchev–Trinajstić information content (AvgIpc) is 3.32. The van der Waals surface area contributed by atoms with Gasteiger partial charge in [0, 0.05) is 62.8 Å². The lowest BCUT2D eigenvalue weighted by Crippen LogP contribution is -2.68. The molecule has 0 spiro atoms. The minimum absolute atomic E-state index is 0.185. The van der Waals surface area contributed by atoms with Gasteiger partial charge >= 0.3 is 0 Å². The zero-order valence-corrected chi connectivity index (χ0v) is 17.4. The molecule has 0 bridgehead atoms. The van der Waals surface area contributed by atoms with Gasteiger partial charge in [-0.3, -0.25) is 4.99 Å². The second-order valence-corrected chi connectivity index (χ2v) is 9.46. The van der Waals surface area contributed by atoms with Crippen LogP contribution in [0.4, 0.5) is 0 Å². The van der Waals surface area contributed by atoms with Gasteiger partial charge in [-0.1, -0.05) is 13.8 Å². The smallest absolute Gasteiger partial charge is 0.191 e. The van der Waals surface area contributed by atoms with Crippen molar-refractivity contribution in [1.29, 1.82) is 0 Å². The first-order chi connectivity index (χ1) is 13.1. The molecule has 0 radical (unpaired) electrons. The molecule has 0 aromatic heterocycles. The second-order valence-electron chi connectivity index (χ2n) is 9.46. The number of piperidine rings is 1. The highest BCUT2D eigenvalue weighted by atomic mass is 16.5.